The monoisotopic (exact) mass is 724 g/mol. The molecule has 270 valence electrons. The van der Waals surface area contributed by atoms with Crippen LogP contribution in [0.25, 0.3) is 0 Å². The van der Waals surface area contributed by atoms with Gasteiger partial charge in [0.25, 0.3) is 12.0 Å². The number of aromatic nitrogens is 4. The van der Waals surface area contributed by atoms with E-state index in [0.29, 0.717) is 73.4 Å². The summed E-state index contributed by atoms with van der Waals surface area (Å²) >= 11 is 6.62. The fourth-order valence-corrected chi connectivity index (χ4v) is 7.24. The van der Waals surface area contributed by atoms with E-state index in [4.69, 9.17) is 26.8 Å². The number of carbonyl (C=O) groups excluding carboxylic acids is 1. The molecule has 0 radical (unpaired) electrons. The van der Waals surface area contributed by atoms with Gasteiger partial charge in [-0.25, -0.2) is 0 Å². The van der Waals surface area contributed by atoms with Crippen LogP contribution in [0.3, 0.4) is 0 Å². The third kappa shape index (κ3) is 7.23. The molecule has 2 unspecified atom stereocenters. The van der Waals surface area contributed by atoms with Gasteiger partial charge in [-0.15, -0.1) is 0 Å². The van der Waals surface area contributed by atoms with Crippen LogP contribution in [-0.4, -0.2) is 82.3 Å². The van der Waals surface area contributed by atoms with Crippen molar-refractivity contribution in [3.05, 3.63) is 68.6 Å². The van der Waals surface area contributed by atoms with Crippen LogP contribution in [0.1, 0.15) is 70.4 Å². The number of nitrogens with zero attached hydrogens (tertiary/aromatic N) is 7. The molecule has 3 aromatic rings. The molecule has 17 heteroatoms. The Morgan fingerprint density at radius 1 is 1.10 bits per heavy atom. The van der Waals surface area contributed by atoms with E-state index in [1.165, 1.54) is 30.6 Å². The summed E-state index contributed by atoms with van der Waals surface area (Å²) in [5, 5.41) is 4.71. The minimum absolute atomic E-state index is 0.0146. The van der Waals surface area contributed by atoms with E-state index in [0.717, 1.165) is 19.0 Å². The second kappa shape index (κ2) is 14.3. The lowest BCUT2D eigenvalue weighted by molar-refractivity contribution is -0.139. The maximum atomic E-state index is 13.8. The first-order chi connectivity index (χ1) is 23.7. The molecule has 0 bridgehead atoms. The number of amides is 1. The highest BCUT2D eigenvalue weighted by molar-refractivity contribution is 6.34. The maximum absolute atomic E-state index is 13.8. The number of hydrogen-bond donors (Lipinski definition) is 1. The van der Waals surface area contributed by atoms with Crippen LogP contribution >= 0.6 is 11.6 Å². The molecule has 2 N–H and O–H groups in total. The van der Waals surface area contributed by atoms with Gasteiger partial charge in [-0.05, 0) is 56.0 Å². The number of methoxy groups -OCH3 is 1. The Kier molecular flexibility index (Phi) is 10.2. The average Bonchev–Trinajstić information content (AvgIpc) is 3.73. The molecule has 4 aliphatic rings. The SMILES string of the molecule is COc1nc2c(c(N3CCCn4nc(C(=O)N(C)C)c(Cl)c4C3)n1)COC(c1cc(N)ccc1C(F)(F)F)C2.FC(F)=C1CC2CCCN2C1. The molecule has 7 rings (SSSR count). The zero-order valence-electron chi connectivity index (χ0n) is 27.9. The molecule has 6 heterocycles. The van der Waals surface area contributed by atoms with Gasteiger partial charge in [-0.3, -0.25) is 14.4 Å². The molecule has 2 fully saturated rings. The molecule has 0 aliphatic carbocycles. The number of anilines is 2. The number of ether oxygens (including phenoxy) is 2. The van der Waals surface area contributed by atoms with Crippen molar-refractivity contribution in [1.82, 2.24) is 29.5 Å². The quantitative estimate of drug-likeness (QED) is 0.261. The molecule has 0 spiro atoms. The number of rotatable bonds is 4. The second-order valence-electron chi connectivity index (χ2n) is 12.9. The van der Waals surface area contributed by atoms with Crippen molar-refractivity contribution < 1.29 is 36.2 Å². The minimum atomic E-state index is -4.57. The highest BCUT2D eigenvalue weighted by Gasteiger charge is 2.38. The number of halogens is 6. The number of benzene rings is 1. The van der Waals surface area contributed by atoms with Crippen molar-refractivity contribution in [2.75, 3.05) is 51.5 Å². The summed E-state index contributed by atoms with van der Waals surface area (Å²) in [5.41, 5.74) is 7.57. The van der Waals surface area contributed by atoms with Gasteiger partial charge < -0.3 is 25.0 Å². The molecular weight excluding hydrogens is 687 g/mol. The first-order valence-corrected chi connectivity index (χ1v) is 16.6. The van der Waals surface area contributed by atoms with Crippen LogP contribution < -0.4 is 15.4 Å². The molecular formula is C33H38ClF5N8O3. The second-order valence-corrected chi connectivity index (χ2v) is 13.3. The molecule has 2 atom stereocenters. The largest absolute Gasteiger partial charge is 0.467 e. The lowest BCUT2D eigenvalue weighted by Crippen LogP contribution is -2.29. The summed E-state index contributed by atoms with van der Waals surface area (Å²) in [5.74, 6) is 0.234. The predicted octanol–water partition coefficient (Wildman–Crippen LogP) is 5.87. The number of alkyl halides is 3. The van der Waals surface area contributed by atoms with Gasteiger partial charge in [-0.2, -0.15) is 37.0 Å². The topological polar surface area (TPSA) is 115 Å². The number of carbonyl (C=O) groups is 1. The van der Waals surface area contributed by atoms with Crippen LogP contribution in [0, 0.1) is 0 Å². The summed E-state index contributed by atoms with van der Waals surface area (Å²) in [7, 11) is 4.68. The molecule has 1 amide bonds. The average molecular weight is 725 g/mol. The molecule has 50 heavy (non-hydrogen) atoms. The van der Waals surface area contributed by atoms with Crippen LogP contribution in [0.15, 0.2) is 29.9 Å². The molecule has 2 aromatic heterocycles. The smallest absolute Gasteiger partial charge is 0.416 e. The van der Waals surface area contributed by atoms with Crippen LogP contribution in [0.4, 0.5) is 33.5 Å². The van der Waals surface area contributed by atoms with Crippen molar-refractivity contribution in [3.8, 4) is 6.01 Å². The Labute approximate surface area is 290 Å². The van der Waals surface area contributed by atoms with Crippen molar-refractivity contribution >= 4 is 29.0 Å². The van der Waals surface area contributed by atoms with Crippen molar-refractivity contribution in [1.29, 1.82) is 0 Å². The van der Waals surface area contributed by atoms with Gasteiger partial charge >= 0.3 is 12.2 Å². The Balaban J connectivity index is 0.000000331. The number of aryl methyl sites for hydroxylation is 1. The van der Waals surface area contributed by atoms with Crippen LogP contribution in [0.2, 0.25) is 5.02 Å². The molecule has 1 aromatic carbocycles. The van der Waals surface area contributed by atoms with Crippen LogP contribution in [-0.2, 0) is 37.0 Å². The highest BCUT2D eigenvalue weighted by Crippen LogP contribution is 2.42. The van der Waals surface area contributed by atoms with E-state index >= 15 is 0 Å². The third-order valence-corrected chi connectivity index (χ3v) is 9.85. The summed E-state index contributed by atoms with van der Waals surface area (Å²) < 4.78 is 78.5. The Morgan fingerprint density at radius 3 is 2.56 bits per heavy atom. The Bertz CT molecular complexity index is 1780. The summed E-state index contributed by atoms with van der Waals surface area (Å²) in [6, 6.07) is 4.00. The van der Waals surface area contributed by atoms with E-state index in [1.54, 1.807) is 18.8 Å². The summed E-state index contributed by atoms with van der Waals surface area (Å²) in [4.78, 5) is 27.2. The summed E-state index contributed by atoms with van der Waals surface area (Å²) in [6.45, 7) is 2.95. The Morgan fingerprint density at radius 2 is 1.88 bits per heavy atom. The van der Waals surface area contributed by atoms with E-state index in [2.05, 4.69) is 20.0 Å². The summed E-state index contributed by atoms with van der Waals surface area (Å²) in [6.07, 6.45) is -3.26. The van der Waals surface area contributed by atoms with Gasteiger partial charge in [0.05, 0.1) is 48.3 Å². The standard InChI is InChI=1S/C25H27ClF3N7O3.C8H11F2N/c1-34(2)23(37)21-20(26)18-11-35(7-4-8-36(18)33-21)22-15-12-39-19(10-17(15)31-24(32-22)38-3)14-9-13(30)5-6-16(14)25(27,28)29;9-8(10)6-4-7-2-1-3-11(7)5-6/h5-6,9,19H,4,7-8,10-12,30H2,1-3H3;7H,1-5H2. The van der Waals surface area contributed by atoms with Crippen molar-refractivity contribution in [2.24, 2.45) is 0 Å². The van der Waals surface area contributed by atoms with Gasteiger partial charge in [0.1, 0.15) is 5.82 Å². The van der Waals surface area contributed by atoms with Crippen molar-refractivity contribution in [2.45, 2.75) is 70.1 Å². The van der Waals surface area contributed by atoms with E-state index in [-0.39, 0.29) is 46.9 Å². The Hall–Kier alpha value is -4.02. The molecule has 4 aliphatic heterocycles. The minimum Gasteiger partial charge on any atom is -0.467 e. The molecule has 11 nitrogen and oxygen atoms in total. The lowest BCUT2D eigenvalue weighted by atomic mass is 9.94. The van der Waals surface area contributed by atoms with Gasteiger partial charge in [-0.1, -0.05) is 11.6 Å². The predicted molar refractivity (Wildman–Crippen MR) is 175 cm³/mol. The normalized spacial score (nSPS) is 20.3. The number of nitrogens with two attached hydrogens (primary N) is 1. The first-order valence-electron chi connectivity index (χ1n) is 16.3. The molecule has 0 saturated carbocycles. The fourth-order valence-electron chi connectivity index (χ4n) is 6.97. The van der Waals surface area contributed by atoms with E-state index in [1.807, 2.05) is 4.90 Å². The highest BCUT2D eigenvalue weighted by atomic mass is 35.5. The van der Waals surface area contributed by atoms with Gasteiger partial charge in [0.15, 0.2) is 5.69 Å². The fraction of sp³-hybridized carbons (Fsp3) is 0.515. The molecule has 2 saturated heterocycles. The maximum Gasteiger partial charge on any atom is 0.416 e. The van der Waals surface area contributed by atoms with Crippen molar-refractivity contribution in [3.63, 3.8) is 0 Å². The third-order valence-electron chi connectivity index (χ3n) is 9.45. The van der Waals surface area contributed by atoms with Crippen LogP contribution in [0.5, 0.6) is 6.01 Å². The lowest BCUT2D eigenvalue weighted by Gasteiger charge is -2.31. The zero-order valence-corrected chi connectivity index (χ0v) is 28.6. The van der Waals surface area contributed by atoms with Gasteiger partial charge in [0.2, 0.25) is 0 Å². The number of nitrogen functional groups attached to an aromatic ring is 1. The number of hydrogen-bond acceptors (Lipinski definition) is 9. The zero-order chi connectivity index (χ0) is 35.9. The first kappa shape index (κ1) is 35.8. The van der Waals surface area contributed by atoms with Gasteiger partial charge in [0, 0.05) is 63.0 Å². The number of fused-ring (bicyclic) bond motifs is 3. The van der Waals surface area contributed by atoms with E-state index < -0.39 is 23.9 Å². The van der Waals surface area contributed by atoms with E-state index in [9.17, 15) is 26.7 Å².